The fraction of sp³-hybridized carbons (Fsp3) is 0.333. The van der Waals surface area contributed by atoms with Crippen LogP contribution in [0.4, 0.5) is 0 Å². The van der Waals surface area contributed by atoms with Gasteiger partial charge in [0.05, 0.1) is 0 Å². The van der Waals surface area contributed by atoms with E-state index in [0.717, 1.165) is 5.75 Å². The van der Waals surface area contributed by atoms with Crippen molar-refractivity contribution in [1.82, 2.24) is 0 Å². The Morgan fingerprint density at radius 2 is 1.45 bits per heavy atom. The molecule has 0 radical (unpaired) electrons. The molecule has 2 heteroatoms. The molecule has 1 fully saturated rings. The van der Waals surface area contributed by atoms with Crippen LogP contribution in [-0.2, 0) is 0 Å². The molecule has 1 nitrogen and oxygen atoms in total. The molecule has 1 saturated carbocycles. The van der Waals surface area contributed by atoms with Crippen LogP contribution in [0.2, 0.25) is 4.82 Å². The summed E-state index contributed by atoms with van der Waals surface area (Å²) < 4.78 is 7.75. The molecule has 2 aromatic carbocycles. The summed E-state index contributed by atoms with van der Waals surface area (Å²) in [4.78, 5) is 0.707. The summed E-state index contributed by atoms with van der Waals surface area (Å²) in [5, 5.41) is 0. The van der Waals surface area contributed by atoms with Crippen LogP contribution in [0.3, 0.4) is 0 Å². The first-order chi connectivity index (χ1) is 9.92. The first-order valence-corrected chi connectivity index (χ1v) is 9.20. The van der Waals surface area contributed by atoms with Crippen LogP contribution in [0.5, 0.6) is 5.75 Å². The predicted octanol–water partition coefficient (Wildman–Crippen LogP) is 3.83. The average molecular weight is 331 g/mol. The topological polar surface area (TPSA) is 9.23 Å². The zero-order valence-electron chi connectivity index (χ0n) is 11.6. The third kappa shape index (κ3) is 3.65. The van der Waals surface area contributed by atoms with Gasteiger partial charge in [0.15, 0.2) is 0 Å². The van der Waals surface area contributed by atoms with Crippen LogP contribution in [-0.4, -0.2) is 21.1 Å². The van der Waals surface area contributed by atoms with E-state index in [1.165, 1.54) is 30.1 Å². The molecule has 104 valence electrons. The Kier molecular flexibility index (Phi) is 4.78. The Morgan fingerprint density at radius 1 is 0.800 bits per heavy atom. The van der Waals surface area contributed by atoms with Gasteiger partial charge in [-0.3, -0.25) is 0 Å². The summed E-state index contributed by atoms with van der Waals surface area (Å²) in [6.45, 7) is 0. The number of para-hydroxylation sites is 1. The van der Waals surface area contributed by atoms with Crippen LogP contribution >= 0.6 is 0 Å². The first kappa shape index (κ1) is 13.7. The van der Waals surface area contributed by atoms with E-state index in [2.05, 4.69) is 54.6 Å². The van der Waals surface area contributed by atoms with E-state index in [0.29, 0.717) is 25.9 Å². The van der Waals surface area contributed by atoms with E-state index in [-0.39, 0.29) is 0 Å². The maximum atomic E-state index is 6.26. The molecule has 0 amide bonds. The molecule has 0 aliphatic heterocycles. The van der Waals surface area contributed by atoms with Gasteiger partial charge in [0.25, 0.3) is 0 Å². The van der Waals surface area contributed by atoms with Gasteiger partial charge in [-0.25, -0.2) is 0 Å². The zero-order chi connectivity index (χ0) is 13.6. The second kappa shape index (κ2) is 6.97. The molecule has 1 aliphatic rings. The number of hydrogen-bond donors (Lipinski definition) is 0. The molecular weight excluding hydrogens is 311 g/mol. The van der Waals surface area contributed by atoms with Crippen molar-refractivity contribution in [3.05, 3.63) is 60.7 Å². The van der Waals surface area contributed by atoms with Crippen molar-refractivity contribution in [2.45, 2.75) is 36.6 Å². The van der Waals surface area contributed by atoms with E-state index in [9.17, 15) is 0 Å². The summed E-state index contributed by atoms with van der Waals surface area (Å²) in [5.74, 6) is 1.02. The second-order valence-corrected chi connectivity index (χ2v) is 7.98. The summed E-state index contributed by atoms with van der Waals surface area (Å²) >= 11 is 0.515. The van der Waals surface area contributed by atoms with Crippen LogP contribution in [0.15, 0.2) is 60.7 Å². The number of rotatable bonds is 4. The monoisotopic (exact) mass is 332 g/mol. The Balaban J connectivity index is 1.68. The van der Waals surface area contributed by atoms with Crippen molar-refractivity contribution < 1.29 is 4.74 Å². The van der Waals surface area contributed by atoms with E-state index in [1.807, 2.05) is 6.07 Å². The zero-order valence-corrected chi connectivity index (χ0v) is 13.3. The van der Waals surface area contributed by atoms with Gasteiger partial charge in [-0.05, 0) is 0 Å². The summed E-state index contributed by atoms with van der Waals surface area (Å²) in [7, 11) is 0. The molecule has 2 aromatic rings. The van der Waals surface area contributed by atoms with E-state index >= 15 is 0 Å². The van der Waals surface area contributed by atoms with Gasteiger partial charge >= 0.3 is 127 Å². The quantitative estimate of drug-likeness (QED) is 0.774. The van der Waals surface area contributed by atoms with Crippen LogP contribution in [0, 0.1) is 0 Å². The summed E-state index contributed by atoms with van der Waals surface area (Å²) in [6, 6.07) is 21.2. The predicted molar refractivity (Wildman–Crippen MR) is 84.9 cm³/mol. The minimum atomic E-state index is 0.395. The molecule has 0 heterocycles. The van der Waals surface area contributed by atoms with Gasteiger partial charge in [-0.2, -0.15) is 0 Å². The van der Waals surface area contributed by atoms with E-state index in [4.69, 9.17) is 4.74 Å². The van der Waals surface area contributed by atoms with Crippen molar-refractivity contribution in [2.24, 2.45) is 0 Å². The molecule has 1 aliphatic carbocycles. The van der Waals surface area contributed by atoms with Crippen molar-refractivity contribution in [3.8, 4) is 5.75 Å². The molecule has 20 heavy (non-hydrogen) atoms. The van der Waals surface area contributed by atoms with Gasteiger partial charge in [0, 0.05) is 0 Å². The van der Waals surface area contributed by atoms with Crippen LogP contribution < -0.4 is 9.20 Å². The molecule has 0 aromatic heterocycles. The van der Waals surface area contributed by atoms with Gasteiger partial charge in [-0.1, -0.05) is 0 Å². The maximum absolute atomic E-state index is 6.26. The molecule has 3 rings (SSSR count). The molecule has 2 atom stereocenters. The van der Waals surface area contributed by atoms with Crippen molar-refractivity contribution in [3.63, 3.8) is 0 Å². The Bertz CT molecular complexity index is 462. The Labute approximate surface area is 127 Å². The summed E-state index contributed by atoms with van der Waals surface area (Å²) in [6.07, 6.45) is 5.57. The Morgan fingerprint density at radius 3 is 2.20 bits per heavy atom. The van der Waals surface area contributed by atoms with E-state index in [1.54, 1.807) is 0 Å². The van der Waals surface area contributed by atoms with Crippen LogP contribution in [0.25, 0.3) is 0 Å². The molecule has 0 saturated heterocycles. The normalized spacial score (nSPS) is 22.4. The van der Waals surface area contributed by atoms with E-state index < -0.39 is 0 Å². The van der Waals surface area contributed by atoms with Gasteiger partial charge in [0.1, 0.15) is 0 Å². The third-order valence-corrected chi connectivity index (χ3v) is 6.61. The van der Waals surface area contributed by atoms with Crippen LogP contribution in [0.1, 0.15) is 25.7 Å². The number of ether oxygens (including phenoxy) is 1. The average Bonchev–Trinajstić information content (AvgIpc) is 2.51. The van der Waals surface area contributed by atoms with Gasteiger partial charge < -0.3 is 0 Å². The molecule has 0 spiro atoms. The minimum absolute atomic E-state index is 0.395. The molecule has 0 N–H and O–H groups in total. The first-order valence-electron chi connectivity index (χ1n) is 7.35. The molecule has 0 bridgehead atoms. The number of hydrogen-bond acceptors (Lipinski definition) is 1. The standard InChI is InChI=1S/C18H20OSe/c1-3-9-15(10-4-1)19-17-13-7-8-14-18(17)20-16-11-5-2-6-12-16/h1-6,9-12,17-18H,7-8,13-14H2. The fourth-order valence-electron chi connectivity index (χ4n) is 2.68. The SMILES string of the molecule is c1ccc(OC2CCCCC2[Se]c2ccccc2)cc1. The summed E-state index contributed by atoms with van der Waals surface area (Å²) in [5.41, 5.74) is 0. The second-order valence-electron chi connectivity index (χ2n) is 5.22. The Hall–Kier alpha value is -1.24. The van der Waals surface area contributed by atoms with Crippen molar-refractivity contribution >= 4 is 19.4 Å². The van der Waals surface area contributed by atoms with Crippen molar-refractivity contribution in [1.29, 1.82) is 0 Å². The molecule has 2 unspecified atom stereocenters. The number of benzene rings is 2. The van der Waals surface area contributed by atoms with Gasteiger partial charge in [0.2, 0.25) is 0 Å². The third-order valence-electron chi connectivity index (χ3n) is 3.70. The van der Waals surface area contributed by atoms with Crippen molar-refractivity contribution in [2.75, 3.05) is 0 Å². The van der Waals surface area contributed by atoms with Gasteiger partial charge in [-0.15, -0.1) is 0 Å². The fourth-order valence-corrected chi connectivity index (χ4v) is 5.39. The molecular formula is C18H20OSe.